The van der Waals surface area contributed by atoms with Gasteiger partial charge < -0.3 is 4.57 Å². The van der Waals surface area contributed by atoms with E-state index in [1.54, 1.807) is 0 Å². The molecule has 11 rings (SSSR count). The fraction of sp³-hybridized carbons (Fsp3) is 0.0377. The van der Waals surface area contributed by atoms with Crippen molar-refractivity contribution >= 4 is 21.8 Å². The number of fused-ring (bicyclic) bond motifs is 7. The molecule has 1 aliphatic carbocycles. The lowest BCUT2D eigenvalue weighted by Gasteiger charge is -2.34. The van der Waals surface area contributed by atoms with Gasteiger partial charge in [0.25, 0.3) is 0 Å². The van der Waals surface area contributed by atoms with E-state index in [-0.39, 0.29) is 0 Å². The summed E-state index contributed by atoms with van der Waals surface area (Å²) in [5.74, 6) is 1.92. The van der Waals surface area contributed by atoms with E-state index < -0.39 is 5.41 Å². The van der Waals surface area contributed by atoms with Gasteiger partial charge in [-0.3, -0.25) is 0 Å². The molecule has 0 bridgehead atoms. The largest absolute Gasteiger partial charge is 0.309 e. The van der Waals surface area contributed by atoms with Gasteiger partial charge in [-0.2, -0.15) is 0 Å². The third kappa shape index (κ3) is 5.11. The molecule has 0 N–H and O–H groups in total. The molecular formula is C53H36N4. The summed E-state index contributed by atoms with van der Waals surface area (Å²) in [6.07, 6.45) is 0. The van der Waals surface area contributed by atoms with E-state index in [9.17, 15) is 0 Å². The molecule has 0 aliphatic heterocycles. The third-order valence-electron chi connectivity index (χ3n) is 11.6. The second-order valence-corrected chi connectivity index (χ2v) is 14.9. The predicted molar refractivity (Wildman–Crippen MR) is 233 cm³/mol. The van der Waals surface area contributed by atoms with Gasteiger partial charge in [0.1, 0.15) is 0 Å². The van der Waals surface area contributed by atoms with Gasteiger partial charge in [0, 0.05) is 38.7 Å². The van der Waals surface area contributed by atoms with Crippen LogP contribution in [0.5, 0.6) is 0 Å². The Bertz CT molecular complexity index is 3090. The van der Waals surface area contributed by atoms with Crippen molar-refractivity contribution in [2.24, 2.45) is 0 Å². The monoisotopic (exact) mass is 728 g/mol. The van der Waals surface area contributed by atoms with Crippen molar-refractivity contribution < 1.29 is 0 Å². The van der Waals surface area contributed by atoms with Gasteiger partial charge in [0.2, 0.25) is 0 Å². The maximum absolute atomic E-state index is 5.14. The van der Waals surface area contributed by atoms with Crippen molar-refractivity contribution in [2.75, 3.05) is 0 Å². The van der Waals surface area contributed by atoms with Crippen LogP contribution >= 0.6 is 0 Å². The molecule has 0 atom stereocenters. The fourth-order valence-corrected chi connectivity index (χ4v) is 9.17. The van der Waals surface area contributed by atoms with Gasteiger partial charge in [-0.25, -0.2) is 15.0 Å². The first-order valence-electron chi connectivity index (χ1n) is 19.5. The van der Waals surface area contributed by atoms with Crippen molar-refractivity contribution in [3.8, 4) is 51.0 Å². The number of rotatable bonds is 6. The molecule has 1 aliphatic rings. The minimum absolute atomic E-state index is 0.570. The second-order valence-electron chi connectivity index (χ2n) is 14.9. The molecule has 0 spiro atoms. The van der Waals surface area contributed by atoms with Crippen LogP contribution in [-0.2, 0) is 5.41 Å². The van der Waals surface area contributed by atoms with E-state index in [0.29, 0.717) is 17.5 Å². The van der Waals surface area contributed by atoms with Crippen molar-refractivity contribution in [3.05, 3.63) is 228 Å². The van der Waals surface area contributed by atoms with E-state index in [0.717, 1.165) is 33.5 Å². The Morgan fingerprint density at radius 2 is 0.982 bits per heavy atom. The summed E-state index contributed by atoms with van der Waals surface area (Å²) in [5.41, 5.74) is 14.3. The predicted octanol–water partition coefficient (Wildman–Crippen LogP) is 12.6. The smallest absolute Gasteiger partial charge is 0.164 e. The lowest BCUT2D eigenvalue weighted by Crippen LogP contribution is -2.29. The first-order valence-corrected chi connectivity index (χ1v) is 19.5. The van der Waals surface area contributed by atoms with Crippen LogP contribution in [0.4, 0.5) is 0 Å². The van der Waals surface area contributed by atoms with Crippen LogP contribution < -0.4 is 0 Å². The normalized spacial score (nSPS) is 12.8. The third-order valence-corrected chi connectivity index (χ3v) is 11.6. The molecule has 4 nitrogen and oxygen atoms in total. The van der Waals surface area contributed by atoms with Crippen molar-refractivity contribution in [1.29, 1.82) is 0 Å². The van der Waals surface area contributed by atoms with E-state index in [2.05, 4.69) is 193 Å². The lowest BCUT2D eigenvalue weighted by molar-refractivity contribution is 0.772. The molecule has 268 valence electrons. The molecule has 8 aromatic carbocycles. The lowest BCUT2D eigenvalue weighted by atomic mass is 9.67. The quantitative estimate of drug-likeness (QED) is 0.171. The molecular weight excluding hydrogens is 693 g/mol. The van der Waals surface area contributed by atoms with Gasteiger partial charge in [-0.05, 0) is 59.0 Å². The average Bonchev–Trinajstić information content (AvgIpc) is 3.78. The fourth-order valence-electron chi connectivity index (χ4n) is 9.17. The highest BCUT2D eigenvalue weighted by molar-refractivity contribution is 6.14. The van der Waals surface area contributed by atoms with Crippen LogP contribution in [0, 0.1) is 6.92 Å². The summed E-state index contributed by atoms with van der Waals surface area (Å²) in [6, 6.07) is 71.7. The Morgan fingerprint density at radius 1 is 0.421 bits per heavy atom. The molecule has 2 aromatic heterocycles. The summed E-state index contributed by atoms with van der Waals surface area (Å²) in [5, 5.41) is 2.42. The minimum atomic E-state index is -0.570. The zero-order valence-corrected chi connectivity index (χ0v) is 31.3. The number of para-hydroxylation sites is 1. The minimum Gasteiger partial charge on any atom is -0.309 e. The Morgan fingerprint density at radius 3 is 1.68 bits per heavy atom. The Hall–Kier alpha value is -7.43. The number of aromatic nitrogens is 4. The SMILES string of the molecule is Cc1cccc(-c2nc(-c3ccccc3)nc(-c3cccc(-n4c5ccccc5c5ccc6c(c54)C(c4ccccc4)(c4ccccc4)c4ccccc4-6)c3)n2)c1. The molecule has 0 unspecified atom stereocenters. The second kappa shape index (κ2) is 13.1. The van der Waals surface area contributed by atoms with E-state index in [4.69, 9.17) is 15.0 Å². The number of nitrogens with zero attached hydrogens (tertiary/aromatic N) is 4. The van der Waals surface area contributed by atoms with Crippen LogP contribution in [0.25, 0.3) is 72.8 Å². The van der Waals surface area contributed by atoms with Crippen LogP contribution in [0.3, 0.4) is 0 Å². The van der Waals surface area contributed by atoms with Crippen molar-refractivity contribution in [1.82, 2.24) is 19.5 Å². The maximum atomic E-state index is 5.14. The zero-order valence-electron chi connectivity index (χ0n) is 31.3. The van der Waals surface area contributed by atoms with Gasteiger partial charge in [0.15, 0.2) is 17.5 Å². The van der Waals surface area contributed by atoms with Crippen LogP contribution in [-0.4, -0.2) is 19.5 Å². The van der Waals surface area contributed by atoms with E-state index in [1.165, 1.54) is 49.7 Å². The molecule has 2 heterocycles. The molecule has 0 saturated carbocycles. The van der Waals surface area contributed by atoms with Crippen LogP contribution in [0.15, 0.2) is 200 Å². The molecule has 0 radical (unpaired) electrons. The Kier molecular flexibility index (Phi) is 7.58. The van der Waals surface area contributed by atoms with Gasteiger partial charge in [-0.1, -0.05) is 181 Å². The summed E-state index contributed by atoms with van der Waals surface area (Å²) in [4.78, 5) is 15.3. The summed E-state index contributed by atoms with van der Waals surface area (Å²) >= 11 is 0. The highest BCUT2D eigenvalue weighted by Gasteiger charge is 2.48. The molecule has 0 amide bonds. The summed E-state index contributed by atoms with van der Waals surface area (Å²) in [7, 11) is 0. The summed E-state index contributed by atoms with van der Waals surface area (Å²) < 4.78 is 2.47. The molecule has 10 aromatic rings. The highest BCUT2D eigenvalue weighted by Crippen LogP contribution is 2.59. The van der Waals surface area contributed by atoms with Gasteiger partial charge in [0.05, 0.1) is 16.4 Å². The first kappa shape index (κ1) is 33.0. The standard InChI is InChI=1S/C53H36N4/c1-35-17-15-20-37(33-35)51-54-50(36-18-5-2-6-19-36)55-52(56-51)38-21-16-26-41(34-38)57-47-30-14-12-28-43(47)45-32-31-44-42-27-11-13-29-46(42)53(48(44)49(45)57,39-22-7-3-8-23-39)40-24-9-4-10-25-40/h2-34H,1H3. The Balaban J connectivity index is 1.22. The molecule has 0 saturated heterocycles. The maximum Gasteiger partial charge on any atom is 0.164 e. The number of benzene rings is 8. The average molecular weight is 729 g/mol. The number of hydrogen-bond donors (Lipinski definition) is 0. The van der Waals surface area contributed by atoms with Crippen molar-refractivity contribution in [2.45, 2.75) is 12.3 Å². The highest BCUT2D eigenvalue weighted by atomic mass is 15.0. The van der Waals surface area contributed by atoms with Gasteiger partial charge in [-0.15, -0.1) is 0 Å². The summed E-state index contributed by atoms with van der Waals surface area (Å²) in [6.45, 7) is 2.10. The van der Waals surface area contributed by atoms with Gasteiger partial charge >= 0.3 is 0 Å². The van der Waals surface area contributed by atoms with E-state index in [1.807, 2.05) is 18.2 Å². The van der Waals surface area contributed by atoms with Crippen molar-refractivity contribution in [3.63, 3.8) is 0 Å². The molecule has 4 heteroatoms. The topological polar surface area (TPSA) is 43.6 Å². The number of aryl methyl sites for hydroxylation is 1. The first-order chi connectivity index (χ1) is 28.2. The Labute approximate surface area is 331 Å². The van der Waals surface area contributed by atoms with Crippen LogP contribution in [0.1, 0.15) is 27.8 Å². The molecule has 57 heavy (non-hydrogen) atoms. The zero-order chi connectivity index (χ0) is 37.9. The van der Waals surface area contributed by atoms with E-state index >= 15 is 0 Å². The van der Waals surface area contributed by atoms with Crippen LogP contribution in [0.2, 0.25) is 0 Å². The molecule has 0 fully saturated rings. The number of hydrogen-bond acceptors (Lipinski definition) is 3.